The Balaban J connectivity index is 1.38. The van der Waals surface area contributed by atoms with E-state index in [-0.39, 0.29) is 23.3 Å². The van der Waals surface area contributed by atoms with E-state index < -0.39 is 17.5 Å². The second-order valence-corrected chi connectivity index (χ2v) is 6.32. The van der Waals surface area contributed by atoms with Crippen LogP contribution in [0.4, 0.5) is 8.78 Å². The van der Waals surface area contributed by atoms with Gasteiger partial charge in [0.2, 0.25) is 5.88 Å². The number of ether oxygens (including phenoxy) is 1. The van der Waals surface area contributed by atoms with E-state index in [4.69, 9.17) is 9.26 Å². The highest BCUT2D eigenvalue weighted by Gasteiger charge is 2.36. The van der Waals surface area contributed by atoms with E-state index >= 15 is 0 Å². The van der Waals surface area contributed by atoms with E-state index in [0.29, 0.717) is 30.0 Å². The molecule has 0 amide bonds. The van der Waals surface area contributed by atoms with Crippen LogP contribution >= 0.6 is 0 Å². The Morgan fingerprint density at radius 2 is 1.85 bits per heavy atom. The highest BCUT2D eigenvalue weighted by molar-refractivity contribution is 5.51. The summed E-state index contributed by atoms with van der Waals surface area (Å²) in [5.41, 5.74) is 1.04. The molecule has 0 atom stereocenters. The Labute approximate surface area is 147 Å². The summed E-state index contributed by atoms with van der Waals surface area (Å²) in [7, 11) is 0. The van der Waals surface area contributed by atoms with Gasteiger partial charge in [0.05, 0.1) is 12.4 Å². The van der Waals surface area contributed by atoms with Crippen molar-refractivity contribution in [1.82, 2.24) is 15.1 Å². The van der Waals surface area contributed by atoms with E-state index in [0.717, 1.165) is 0 Å². The number of aryl methyl sites for hydroxylation is 1. The molecule has 4 rings (SSSR count). The van der Waals surface area contributed by atoms with Gasteiger partial charge in [-0.15, -0.1) is 0 Å². The fourth-order valence-corrected chi connectivity index (χ4v) is 3.05. The third-order valence-corrected chi connectivity index (χ3v) is 4.38. The summed E-state index contributed by atoms with van der Waals surface area (Å²) in [5, 5.41) is 14.3. The Hall–Kier alpha value is -3.03. The van der Waals surface area contributed by atoms with Crippen molar-refractivity contribution in [3.05, 3.63) is 53.4 Å². The minimum Gasteiger partial charge on any atom is -0.856 e. The van der Waals surface area contributed by atoms with Crippen molar-refractivity contribution >= 4 is 0 Å². The second kappa shape index (κ2) is 6.36. The summed E-state index contributed by atoms with van der Waals surface area (Å²) >= 11 is 0. The second-order valence-electron chi connectivity index (χ2n) is 6.32. The third kappa shape index (κ3) is 3.10. The summed E-state index contributed by atoms with van der Waals surface area (Å²) in [6.07, 6.45) is 3.64. The lowest BCUT2D eigenvalue weighted by Crippen LogP contribution is -2.33. The molecule has 1 aliphatic rings. The van der Waals surface area contributed by atoms with Gasteiger partial charge in [-0.3, -0.25) is 0 Å². The summed E-state index contributed by atoms with van der Waals surface area (Å²) < 4.78 is 38.5. The summed E-state index contributed by atoms with van der Waals surface area (Å²) in [6, 6.07) is 3.90. The molecule has 1 fully saturated rings. The van der Waals surface area contributed by atoms with Crippen LogP contribution in [0.15, 0.2) is 35.1 Å². The van der Waals surface area contributed by atoms with Gasteiger partial charge in [0.15, 0.2) is 5.76 Å². The maximum absolute atomic E-state index is 14.0. The van der Waals surface area contributed by atoms with Crippen molar-refractivity contribution in [3.8, 4) is 23.2 Å². The van der Waals surface area contributed by atoms with Gasteiger partial charge in [0.1, 0.15) is 23.4 Å². The van der Waals surface area contributed by atoms with Crippen molar-refractivity contribution in [2.45, 2.75) is 31.8 Å². The van der Waals surface area contributed by atoms with Gasteiger partial charge < -0.3 is 14.4 Å². The summed E-state index contributed by atoms with van der Waals surface area (Å²) in [6.45, 7) is 1.65. The fraction of sp³-hybridized carbons (Fsp3) is 0.278. The van der Waals surface area contributed by atoms with Crippen molar-refractivity contribution in [2.24, 2.45) is 0 Å². The fourth-order valence-electron chi connectivity index (χ4n) is 3.05. The van der Waals surface area contributed by atoms with Crippen molar-refractivity contribution in [2.75, 3.05) is 0 Å². The van der Waals surface area contributed by atoms with Gasteiger partial charge in [-0.2, -0.15) is 0 Å². The molecular formula is C18H14F2N3O3-. The lowest BCUT2D eigenvalue weighted by atomic mass is 9.77. The standard InChI is InChI=1S/C18H15F2N3O3/c1-9-2-12(19)18(13(20)3-9)10-4-11(5-10)25-17-8-21-14(7-22-17)15-6-16(24)23-26-15/h2-3,6-8,10-11H,4-5H2,1H3,(H,23,24)/p-1. The first-order valence-electron chi connectivity index (χ1n) is 8.08. The van der Waals surface area contributed by atoms with Crippen LogP contribution in [0, 0.1) is 18.6 Å². The van der Waals surface area contributed by atoms with Crippen LogP contribution in [0.25, 0.3) is 11.5 Å². The average molecular weight is 358 g/mol. The molecule has 26 heavy (non-hydrogen) atoms. The van der Waals surface area contributed by atoms with Crippen LogP contribution in [0.5, 0.6) is 11.8 Å². The Bertz CT molecular complexity index is 914. The molecule has 2 aromatic heterocycles. The normalized spacial score (nSPS) is 19.2. The molecule has 0 spiro atoms. The molecule has 0 bridgehead atoms. The number of halogens is 2. The molecule has 1 aliphatic carbocycles. The molecule has 1 aromatic carbocycles. The van der Waals surface area contributed by atoms with Crippen molar-refractivity contribution in [3.63, 3.8) is 0 Å². The molecule has 2 heterocycles. The van der Waals surface area contributed by atoms with E-state index in [2.05, 4.69) is 15.1 Å². The van der Waals surface area contributed by atoms with Gasteiger partial charge in [-0.1, -0.05) is 5.16 Å². The van der Waals surface area contributed by atoms with Crippen LogP contribution in [-0.4, -0.2) is 21.2 Å². The maximum atomic E-state index is 14.0. The van der Waals surface area contributed by atoms with Crippen LogP contribution in [-0.2, 0) is 0 Å². The predicted octanol–water partition coefficient (Wildman–Crippen LogP) is 3.12. The van der Waals surface area contributed by atoms with Crippen molar-refractivity contribution in [1.29, 1.82) is 0 Å². The van der Waals surface area contributed by atoms with E-state index in [1.165, 1.54) is 30.6 Å². The van der Waals surface area contributed by atoms with Crippen LogP contribution in [0.1, 0.15) is 29.9 Å². The number of hydrogen-bond donors (Lipinski definition) is 0. The number of hydrogen-bond acceptors (Lipinski definition) is 6. The Morgan fingerprint density at radius 1 is 1.12 bits per heavy atom. The monoisotopic (exact) mass is 358 g/mol. The first kappa shape index (κ1) is 16.4. The van der Waals surface area contributed by atoms with Crippen LogP contribution < -0.4 is 9.84 Å². The minimum absolute atomic E-state index is 0.121. The molecule has 0 aliphatic heterocycles. The van der Waals surface area contributed by atoms with Gasteiger partial charge in [-0.05, 0) is 43.4 Å². The zero-order valence-electron chi connectivity index (χ0n) is 13.8. The Morgan fingerprint density at radius 3 is 2.42 bits per heavy atom. The summed E-state index contributed by atoms with van der Waals surface area (Å²) in [4.78, 5) is 8.22. The number of nitrogens with zero attached hydrogens (tertiary/aromatic N) is 3. The highest BCUT2D eigenvalue weighted by Crippen LogP contribution is 2.41. The zero-order chi connectivity index (χ0) is 18.3. The maximum Gasteiger partial charge on any atom is 0.232 e. The lowest BCUT2D eigenvalue weighted by molar-refractivity contribution is -0.277. The van der Waals surface area contributed by atoms with Crippen molar-refractivity contribution < 1.29 is 23.1 Å². The quantitative estimate of drug-likeness (QED) is 0.712. The molecule has 134 valence electrons. The number of aromatic nitrogens is 3. The van der Waals surface area contributed by atoms with E-state index in [1.807, 2.05) is 0 Å². The highest BCUT2D eigenvalue weighted by atomic mass is 19.1. The predicted molar refractivity (Wildman–Crippen MR) is 84.5 cm³/mol. The molecular weight excluding hydrogens is 344 g/mol. The molecule has 0 saturated heterocycles. The molecule has 0 radical (unpaired) electrons. The zero-order valence-corrected chi connectivity index (χ0v) is 13.8. The largest absolute Gasteiger partial charge is 0.856 e. The van der Waals surface area contributed by atoms with Gasteiger partial charge in [0, 0.05) is 17.5 Å². The first-order chi connectivity index (χ1) is 12.5. The molecule has 8 heteroatoms. The van der Waals surface area contributed by atoms with Crippen LogP contribution in [0.3, 0.4) is 0 Å². The molecule has 1 saturated carbocycles. The number of benzene rings is 1. The third-order valence-electron chi connectivity index (χ3n) is 4.38. The smallest absolute Gasteiger partial charge is 0.232 e. The van der Waals surface area contributed by atoms with Crippen LogP contribution in [0.2, 0.25) is 0 Å². The molecule has 6 nitrogen and oxygen atoms in total. The van der Waals surface area contributed by atoms with Gasteiger partial charge >= 0.3 is 0 Å². The average Bonchev–Trinajstić information content (AvgIpc) is 2.98. The van der Waals surface area contributed by atoms with Gasteiger partial charge in [-0.25, -0.2) is 18.7 Å². The molecule has 0 unspecified atom stereocenters. The minimum atomic E-state index is -0.514. The van der Waals surface area contributed by atoms with Gasteiger partial charge in [0.25, 0.3) is 0 Å². The molecule has 0 N–H and O–H groups in total. The first-order valence-corrected chi connectivity index (χ1v) is 8.08. The SMILES string of the molecule is Cc1cc(F)c(C2CC(Oc3cnc(-c4cc([O-])no4)cn3)C2)c(F)c1. The topological polar surface area (TPSA) is 84.1 Å². The Kier molecular flexibility index (Phi) is 4.02. The van der Waals surface area contributed by atoms with E-state index in [9.17, 15) is 13.9 Å². The number of rotatable bonds is 4. The lowest BCUT2D eigenvalue weighted by Gasteiger charge is -2.35. The van der Waals surface area contributed by atoms with E-state index in [1.54, 1.807) is 6.92 Å². The molecule has 3 aromatic rings. The summed E-state index contributed by atoms with van der Waals surface area (Å²) in [5.74, 6) is -1.21.